The Bertz CT molecular complexity index is 260. The van der Waals surface area contributed by atoms with Gasteiger partial charge in [-0.25, -0.2) is 4.98 Å². The number of ether oxygens (including phenoxy) is 1. The van der Waals surface area contributed by atoms with Gasteiger partial charge in [0.2, 0.25) is 0 Å². The quantitative estimate of drug-likeness (QED) is 0.554. The Kier molecular flexibility index (Phi) is 2.54. The largest absolute Gasteiger partial charge is 0.372 e. The average molecular weight is 202 g/mol. The molecule has 1 aliphatic rings. The summed E-state index contributed by atoms with van der Waals surface area (Å²) < 4.78 is 5.08. The number of hydrogen-bond donors (Lipinski definition) is 0. The number of rotatable bonds is 3. The summed E-state index contributed by atoms with van der Waals surface area (Å²) in [4.78, 5) is 4.15. The van der Waals surface area contributed by atoms with Crippen LogP contribution in [0, 0.1) is 0 Å². The molecule has 2 heterocycles. The van der Waals surface area contributed by atoms with Crippen LogP contribution >= 0.6 is 23.4 Å². The maximum Gasteiger partial charge on any atom is 0.0961 e. The van der Waals surface area contributed by atoms with Gasteiger partial charge in [-0.1, -0.05) is 11.6 Å². The number of pyridine rings is 1. The minimum absolute atomic E-state index is 0.451. The van der Waals surface area contributed by atoms with Crippen LogP contribution in [0.25, 0.3) is 0 Å². The molecule has 1 saturated heterocycles. The van der Waals surface area contributed by atoms with Crippen molar-refractivity contribution >= 4 is 23.4 Å². The lowest BCUT2D eigenvalue weighted by Gasteiger charge is -1.96. The third-order valence-electron chi connectivity index (χ3n) is 1.52. The molecule has 0 unspecified atom stereocenters. The summed E-state index contributed by atoms with van der Waals surface area (Å²) in [5.41, 5.74) is 0. The summed E-state index contributed by atoms with van der Waals surface area (Å²) in [7, 11) is 0. The summed E-state index contributed by atoms with van der Waals surface area (Å²) in [6.07, 6.45) is 2.12. The Labute approximate surface area is 80.3 Å². The van der Waals surface area contributed by atoms with Crippen molar-refractivity contribution < 1.29 is 4.74 Å². The van der Waals surface area contributed by atoms with Crippen molar-refractivity contribution in [3.05, 3.63) is 23.4 Å². The van der Waals surface area contributed by atoms with E-state index in [0.717, 1.165) is 17.4 Å². The fraction of sp³-hybridized carbons (Fsp3) is 0.375. The zero-order valence-corrected chi connectivity index (χ0v) is 7.94. The van der Waals surface area contributed by atoms with Gasteiger partial charge in [0.05, 0.1) is 22.8 Å². The maximum absolute atomic E-state index is 5.69. The first-order valence-corrected chi connectivity index (χ1v) is 5.07. The second-order valence-corrected chi connectivity index (χ2v) is 4.06. The van der Waals surface area contributed by atoms with Gasteiger partial charge >= 0.3 is 0 Å². The highest BCUT2D eigenvalue weighted by molar-refractivity contribution is 7.99. The van der Waals surface area contributed by atoms with E-state index < -0.39 is 0 Å². The van der Waals surface area contributed by atoms with Crippen LogP contribution < -0.4 is 0 Å². The van der Waals surface area contributed by atoms with E-state index in [-0.39, 0.29) is 0 Å². The van der Waals surface area contributed by atoms with Crippen molar-refractivity contribution in [2.75, 3.05) is 12.4 Å². The van der Waals surface area contributed by atoms with Gasteiger partial charge in [0.1, 0.15) is 0 Å². The van der Waals surface area contributed by atoms with Crippen molar-refractivity contribution in [2.45, 2.75) is 11.1 Å². The van der Waals surface area contributed by atoms with Crippen LogP contribution in [0.3, 0.4) is 0 Å². The third kappa shape index (κ3) is 2.37. The molecule has 1 aromatic heterocycles. The van der Waals surface area contributed by atoms with Crippen LogP contribution in [0.5, 0.6) is 0 Å². The molecule has 0 aromatic carbocycles. The molecule has 64 valence electrons. The van der Waals surface area contributed by atoms with Gasteiger partial charge in [-0.15, -0.1) is 11.8 Å². The van der Waals surface area contributed by atoms with E-state index in [9.17, 15) is 0 Å². The van der Waals surface area contributed by atoms with E-state index in [1.54, 1.807) is 18.0 Å². The molecule has 0 aliphatic carbocycles. The Morgan fingerprint density at radius 2 is 2.50 bits per heavy atom. The van der Waals surface area contributed by atoms with E-state index in [2.05, 4.69) is 4.98 Å². The summed E-state index contributed by atoms with van der Waals surface area (Å²) in [6.45, 7) is 0.903. The van der Waals surface area contributed by atoms with Crippen LogP contribution in [0.1, 0.15) is 0 Å². The second kappa shape index (κ2) is 3.64. The standard InChI is InChI=1S/C8H8ClNOS/c9-6-1-2-8(10-3-6)12-5-7-4-11-7/h1-3,7H,4-5H2/t7-/m1/s1. The summed E-state index contributed by atoms with van der Waals surface area (Å²) in [5.74, 6) is 0.995. The van der Waals surface area contributed by atoms with Crippen molar-refractivity contribution in [2.24, 2.45) is 0 Å². The monoisotopic (exact) mass is 201 g/mol. The molecule has 0 spiro atoms. The van der Waals surface area contributed by atoms with Crippen LogP contribution in [-0.2, 0) is 4.74 Å². The molecule has 2 nitrogen and oxygen atoms in total. The number of aromatic nitrogens is 1. The molecule has 0 saturated carbocycles. The van der Waals surface area contributed by atoms with Gasteiger partial charge in [0.15, 0.2) is 0 Å². The van der Waals surface area contributed by atoms with Crippen LogP contribution in [0.2, 0.25) is 5.02 Å². The third-order valence-corrected chi connectivity index (χ3v) is 2.82. The number of nitrogens with zero attached hydrogens (tertiary/aromatic N) is 1. The number of epoxide rings is 1. The van der Waals surface area contributed by atoms with E-state index in [1.165, 1.54) is 0 Å². The number of thioether (sulfide) groups is 1. The smallest absolute Gasteiger partial charge is 0.0961 e. The van der Waals surface area contributed by atoms with Gasteiger partial charge in [0.25, 0.3) is 0 Å². The lowest BCUT2D eigenvalue weighted by molar-refractivity contribution is 0.426. The topological polar surface area (TPSA) is 25.4 Å². The molecule has 0 bridgehead atoms. The van der Waals surface area contributed by atoms with Crippen LogP contribution in [0.15, 0.2) is 23.4 Å². The van der Waals surface area contributed by atoms with Crippen LogP contribution in [-0.4, -0.2) is 23.4 Å². The van der Waals surface area contributed by atoms with E-state index in [4.69, 9.17) is 16.3 Å². The average Bonchev–Trinajstić information content (AvgIpc) is 2.87. The summed E-state index contributed by atoms with van der Waals surface area (Å²) in [5, 5.41) is 1.69. The second-order valence-electron chi connectivity index (χ2n) is 2.58. The van der Waals surface area contributed by atoms with E-state index in [1.807, 2.05) is 12.1 Å². The molecule has 2 rings (SSSR count). The highest BCUT2D eigenvalue weighted by Gasteiger charge is 2.22. The molecule has 1 atom stereocenters. The molecule has 1 aromatic rings. The van der Waals surface area contributed by atoms with Crippen molar-refractivity contribution in [1.82, 2.24) is 4.98 Å². The molecule has 0 N–H and O–H groups in total. The highest BCUT2D eigenvalue weighted by Crippen LogP contribution is 2.22. The molecular weight excluding hydrogens is 194 g/mol. The fourth-order valence-corrected chi connectivity index (χ4v) is 1.74. The lowest BCUT2D eigenvalue weighted by Crippen LogP contribution is -1.89. The van der Waals surface area contributed by atoms with Gasteiger partial charge in [0, 0.05) is 11.9 Å². The maximum atomic E-state index is 5.69. The van der Waals surface area contributed by atoms with Crippen molar-refractivity contribution in [3.8, 4) is 0 Å². The zero-order chi connectivity index (χ0) is 8.39. The van der Waals surface area contributed by atoms with E-state index in [0.29, 0.717) is 11.1 Å². The predicted octanol–water partition coefficient (Wildman–Crippen LogP) is 2.23. The van der Waals surface area contributed by atoms with Gasteiger partial charge in [-0.3, -0.25) is 0 Å². The Balaban J connectivity index is 1.89. The van der Waals surface area contributed by atoms with Crippen molar-refractivity contribution in [3.63, 3.8) is 0 Å². The first-order chi connectivity index (χ1) is 5.84. The highest BCUT2D eigenvalue weighted by atomic mass is 35.5. The molecular formula is C8H8ClNOS. The predicted molar refractivity (Wildman–Crippen MR) is 49.7 cm³/mol. The Hall–Kier alpha value is -0.250. The lowest BCUT2D eigenvalue weighted by atomic mass is 10.5. The first kappa shape index (κ1) is 8.35. The minimum Gasteiger partial charge on any atom is -0.372 e. The van der Waals surface area contributed by atoms with Gasteiger partial charge in [-0.2, -0.15) is 0 Å². The molecule has 1 fully saturated rings. The first-order valence-electron chi connectivity index (χ1n) is 3.70. The van der Waals surface area contributed by atoms with Crippen LogP contribution in [0.4, 0.5) is 0 Å². The van der Waals surface area contributed by atoms with Gasteiger partial charge < -0.3 is 4.74 Å². The van der Waals surface area contributed by atoms with E-state index >= 15 is 0 Å². The SMILES string of the molecule is Clc1ccc(SC[C@H]2CO2)nc1. The zero-order valence-electron chi connectivity index (χ0n) is 6.37. The Morgan fingerprint density at radius 3 is 3.08 bits per heavy atom. The van der Waals surface area contributed by atoms with Gasteiger partial charge in [-0.05, 0) is 12.1 Å². The Morgan fingerprint density at radius 1 is 1.67 bits per heavy atom. The normalized spacial score (nSPS) is 20.9. The molecule has 0 radical (unpaired) electrons. The number of halogens is 1. The fourth-order valence-electron chi connectivity index (χ4n) is 0.790. The number of hydrogen-bond acceptors (Lipinski definition) is 3. The minimum atomic E-state index is 0.451. The molecule has 0 amide bonds. The summed E-state index contributed by atoms with van der Waals surface area (Å²) in [6, 6.07) is 3.78. The molecule has 4 heteroatoms. The summed E-state index contributed by atoms with van der Waals surface area (Å²) >= 11 is 7.40. The molecule has 1 aliphatic heterocycles. The van der Waals surface area contributed by atoms with Crippen molar-refractivity contribution in [1.29, 1.82) is 0 Å². The molecule has 12 heavy (non-hydrogen) atoms.